The molecule has 2 aromatic rings. The zero-order valence-corrected chi connectivity index (χ0v) is 17.7. The first-order valence-electron chi connectivity index (χ1n) is 10.5. The monoisotopic (exact) mass is 397 g/mol. The molecule has 0 bridgehead atoms. The standard InChI is InChI=1S/C23H31N3OS/c1-24-13-11-23(12-14-24,20-6-3-2-4-7-20)26-17-15-25(16-18-26)22(27)10-9-21-8-5-19-28-21/h2-8,19H,9-18H2,1H3. The number of likely N-dealkylation sites (tertiary alicyclic amines) is 1. The van der Waals surface area contributed by atoms with Crippen LogP contribution in [0.3, 0.4) is 0 Å². The van der Waals surface area contributed by atoms with E-state index in [0.29, 0.717) is 12.3 Å². The summed E-state index contributed by atoms with van der Waals surface area (Å²) in [6, 6.07) is 15.2. The molecule has 0 aliphatic carbocycles. The molecule has 3 heterocycles. The number of benzene rings is 1. The Labute approximate surface area is 172 Å². The third kappa shape index (κ3) is 4.17. The van der Waals surface area contributed by atoms with Crippen molar-refractivity contribution < 1.29 is 4.79 Å². The zero-order valence-electron chi connectivity index (χ0n) is 16.8. The average Bonchev–Trinajstić information content (AvgIpc) is 3.27. The minimum absolute atomic E-state index is 0.125. The van der Waals surface area contributed by atoms with Crippen LogP contribution in [0.15, 0.2) is 47.8 Å². The molecular weight excluding hydrogens is 366 g/mol. The lowest BCUT2D eigenvalue weighted by atomic mass is 9.79. The van der Waals surface area contributed by atoms with Crippen molar-refractivity contribution in [3.63, 3.8) is 0 Å². The van der Waals surface area contributed by atoms with Gasteiger partial charge in [0.25, 0.3) is 0 Å². The molecule has 0 N–H and O–H groups in total. The molecule has 1 amide bonds. The summed E-state index contributed by atoms with van der Waals surface area (Å²) in [5.74, 6) is 0.310. The molecule has 150 valence electrons. The fourth-order valence-electron chi connectivity index (χ4n) is 4.75. The van der Waals surface area contributed by atoms with Gasteiger partial charge in [-0.05, 0) is 56.4 Å². The summed E-state index contributed by atoms with van der Waals surface area (Å²) in [7, 11) is 2.22. The molecule has 28 heavy (non-hydrogen) atoms. The normalized spacial score (nSPS) is 21.0. The van der Waals surface area contributed by atoms with Gasteiger partial charge in [-0.15, -0.1) is 11.3 Å². The molecule has 0 radical (unpaired) electrons. The third-order valence-corrected chi connectivity index (χ3v) is 7.46. The second-order valence-electron chi connectivity index (χ2n) is 8.15. The maximum atomic E-state index is 12.7. The number of piperazine rings is 1. The number of carbonyl (C=O) groups excluding carboxylic acids is 1. The Bertz CT molecular complexity index is 745. The van der Waals surface area contributed by atoms with Crippen LogP contribution < -0.4 is 0 Å². The molecule has 4 rings (SSSR count). The van der Waals surface area contributed by atoms with Crippen molar-refractivity contribution in [2.75, 3.05) is 46.3 Å². The maximum Gasteiger partial charge on any atom is 0.223 e. The number of hydrogen-bond donors (Lipinski definition) is 0. The lowest BCUT2D eigenvalue weighted by molar-refractivity contribution is -0.134. The van der Waals surface area contributed by atoms with Crippen LogP contribution >= 0.6 is 11.3 Å². The van der Waals surface area contributed by atoms with Crippen LogP contribution in [0.1, 0.15) is 29.7 Å². The highest BCUT2D eigenvalue weighted by atomic mass is 32.1. The number of amides is 1. The lowest BCUT2D eigenvalue weighted by Crippen LogP contribution is -2.59. The Morgan fingerprint density at radius 1 is 0.964 bits per heavy atom. The highest BCUT2D eigenvalue weighted by molar-refractivity contribution is 7.09. The van der Waals surface area contributed by atoms with Crippen LogP contribution in [-0.4, -0.2) is 66.9 Å². The summed E-state index contributed by atoms with van der Waals surface area (Å²) < 4.78 is 0. The summed E-state index contributed by atoms with van der Waals surface area (Å²) >= 11 is 1.75. The second kappa shape index (κ2) is 8.76. The van der Waals surface area contributed by atoms with Gasteiger partial charge in [0.05, 0.1) is 0 Å². The van der Waals surface area contributed by atoms with Crippen molar-refractivity contribution in [3.8, 4) is 0 Å². The van der Waals surface area contributed by atoms with E-state index in [0.717, 1.165) is 45.7 Å². The molecule has 5 heteroatoms. The fraction of sp³-hybridized carbons (Fsp3) is 0.522. The number of hydrogen-bond acceptors (Lipinski definition) is 4. The molecule has 0 saturated carbocycles. The molecule has 2 saturated heterocycles. The number of thiophene rings is 1. The van der Waals surface area contributed by atoms with E-state index in [1.165, 1.54) is 23.3 Å². The van der Waals surface area contributed by atoms with Crippen LogP contribution in [0.4, 0.5) is 0 Å². The van der Waals surface area contributed by atoms with Gasteiger partial charge < -0.3 is 9.80 Å². The molecule has 2 fully saturated rings. The number of piperidine rings is 1. The predicted octanol–water partition coefficient (Wildman–Crippen LogP) is 3.45. The minimum atomic E-state index is 0.125. The van der Waals surface area contributed by atoms with Gasteiger partial charge in [0.2, 0.25) is 5.91 Å². The van der Waals surface area contributed by atoms with Gasteiger partial charge in [0.1, 0.15) is 0 Å². The van der Waals surface area contributed by atoms with Crippen LogP contribution in [0.2, 0.25) is 0 Å². The van der Waals surface area contributed by atoms with E-state index in [1.54, 1.807) is 11.3 Å². The molecule has 0 atom stereocenters. The van der Waals surface area contributed by atoms with Crippen LogP contribution in [0, 0.1) is 0 Å². The van der Waals surface area contributed by atoms with E-state index in [1.807, 2.05) is 0 Å². The van der Waals surface area contributed by atoms with E-state index in [2.05, 4.69) is 69.6 Å². The Morgan fingerprint density at radius 2 is 1.68 bits per heavy atom. The third-order valence-electron chi connectivity index (χ3n) is 6.53. The lowest BCUT2D eigenvalue weighted by Gasteiger charge is -2.51. The molecular formula is C23H31N3OS. The molecule has 2 aliphatic heterocycles. The van der Waals surface area contributed by atoms with E-state index in [-0.39, 0.29) is 5.54 Å². The molecule has 2 aliphatic rings. The first kappa shape index (κ1) is 19.6. The number of rotatable bonds is 5. The second-order valence-corrected chi connectivity index (χ2v) is 9.18. The number of nitrogens with zero attached hydrogens (tertiary/aromatic N) is 3. The molecule has 4 nitrogen and oxygen atoms in total. The van der Waals surface area contributed by atoms with E-state index in [9.17, 15) is 4.79 Å². The maximum absolute atomic E-state index is 12.7. The Hall–Kier alpha value is -1.69. The van der Waals surface area contributed by atoms with Crippen molar-refractivity contribution in [2.45, 2.75) is 31.2 Å². The number of carbonyl (C=O) groups is 1. The van der Waals surface area contributed by atoms with Gasteiger partial charge in [-0.25, -0.2) is 0 Å². The van der Waals surface area contributed by atoms with Gasteiger partial charge >= 0.3 is 0 Å². The summed E-state index contributed by atoms with van der Waals surface area (Å²) in [5.41, 5.74) is 1.57. The van der Waals surface area contributed by atoms with Gasteiger partial charge in [0, 0.05) is 43.0 Å². The van der Waals surface area contributed by atoms with Crippen LogP contribution in [-0.2, 0) is 16.8 Å². The van der Waals surface area contributed by atoms with Gasteiger partial charge in [-0.1, -0.05) is 36.4 Å². The van der Waals surface area contributed by atoms with E-state index >= 15 is 0 Å². The zero-order chi connectivity index (χ0) is 19.4. The van der Waals surface area contributed by atoms with Crippen LogP contribution in [0.5, 0.6) is 0 Å². The smallest absolute Gasteiger partial charge is 0.223 e. The fourth-order valence-corrected chi connectivity index (χ4v) is 5.46. The summed E-state index contributed by atoms with van der Waals surface area (Å²) in [6.07, 6.45) is 3.84. The van der Waals surface area contributed by atoms with Gasteiger partial charge in [-0.2, -0.15) is 0 Å². The average molecular weight is 398 g/mol. The summed E-state index contributed by atoms with van der Waals surface area (Å²) in [6.45, 7) is 5.93. The Kier molecular flexibility index (Phi) is 6.14. The van der Waals surface area contributed by atoms with Crippen molar-refractivity contribution in [1.82, 2.24) is 14.7 Å². The van der Waals surface area contributed by atoms with Gasteiger partial charge in [0.15, 0.2) is 0 Å². The van der Waals surface area contributed by atoms with Crippen molar-refractivity contribution in [3.05, 3.63) is 58.3 Å². The quantitative estimate of drug-likeness (QED) is 0.773. The van der Waals surface area contributed by atoms with Crippen molar-refractivity contribution in [1.29, 1.82) is 0 Å². The molecule has 0 spiro atoms. The Balaban J connectivity index is 1.40. The van der Waals surface area contributed by atoms with E-state index in [4.69, 9.17) is 0 Å². The topological polar surface area (TPSA) is 26.8 Å². The summed E-state index contributed by atoms with van der Waals surface area (Å²) in [5, 5.41) is 2.09. The van der Waals surface area contributed by atoms with Crippen molar-refractivity contribution in [2.24, 2.45) is 0 Å². The van der Waals surface area contributed by atoms with Gasteiger partial charge in [-0.3, -0.25) is 9.69 Å². The Morgan fingerprint density at radius 3 is 2.32 bits per heavy atom. The largest absolute Gasteiger partial charge is 0.340 e. The highest BCUT2D eigenvalue weighted by Gasteiger charge is 2.42. The summed E-state index contributed by atoms with van der Waals surface area (Å²) in [4.78, 5) is 21.2. The predicted molar refractivity (Wildman–Crippen MR) is 116 cm³/mol. The molecule has 0 unspecified atom stereocenters. The first-order chi connectivity index (χ1) is 13.7. The minimum Gasteiger partial charge on any atom is -0.340 e. The first-order valence-corrected chi connectivity index (χ1v) is 11.3. The molecule has 1 aromatic heterocycles. The van der Waals surface area contributed by atoms with E-state index < -0.39 is 0 Å². The SMILES string of the molecule is CN1CCC(c2ccccc2)(N2CCN(C(=O)CCc3cccs3)CC2)CC1. The van der Waals surface area contributed by atoms with Crippen molar-refractivity contribution >= 4 is 17.2 Å². The highest BCUT2D eigenvalue weighted by Crippen LogP contribution is 2.39. The number of aryl methyl sites for hydroxylation is 1. The van der Waals surface area contributed by atoms with Crippen LogP contribution in [0.25, 0.3) is 0 Å². The molecule has 1 aromatic carbocycles.